The second kappa shape index (κ2) is 9.06. The summed E-state index contributed by atoms with van der Waals surface area (Å²) in [5, 5.41) is 9.08. The van der Waals surface area contributed by atoms with Gasteiger partial charge in [0.25, 0.3) is 5.91 Å². The van der Waals surface area contributed by atoms with Crippen LogP contribution in [0, 0.1) is 6.92 Å². The number of nitrogens with zero attached hydrogens (tertiary/aromatic N) is 2. The highest BCUT2D eigenvalue weighted by atomic mass is 32.2. The van der Waals surface area contributed by atoms with E-state index >= 15 is 0 Å². The van der Waals surface area contributed by atoms with Gasteiger partial charge in [-0.3, -0.25) is 14.5 Å². The van der Waals surface area contributed by atoms with Gasteiger partial charge < -0.3 is 9.84 Å². The standard InChI is InChI=1S/C27H30N2O4S2/c1-15-9-19-20(27(4,5)8-7-26(19,2)3)12-17(15)18-10-16(13-28-23(18)33-6)11-21-24(32)29(14-22(30)31)25(34)35-21/h9-13H,7-8,14H2,1-6H3,(H,30,31)/b21-11-. The number of methoxy groups -OCH3 is 1. The molecule has 1 aromatic carbocycles. The summed E-state index contributed by atoms with van der Waals surface area (Å²) in [6.45, 7) is 10.9. The van der Waals surface area contributed by atoms with Crippen LogP contribution in [0.1, 0.15) is 62.8 Å². The first-order chi connectivity index (χ1) is 16.3. The second-order valence-corrected chi connectivity index (χ2v) is 12.1. The number of rotatable bonds is 5. The number of thiocarbonyl (C=S) groups is 1. The predicted molar refractivity (Wildman–Crippen MR) is 144 cm³/mol. The summed E-state index contributed by atoms with van der Waals surface area (Å²) in [7, 11) is 1.60. The number of carbonyl (C=O) groups is 2. The van der Waals surface area contributed by atoms with Crippen molar-refractivity contribution in [2.45, 2.75) is 58.3 Å². The lowest BCUT2D eigenvalue weighted by atomic mass is 9.62. The van der Waals surface area contributed by atoms with Crippen LogP contribution in [0.5, 0.6) is 5.88 Å². The molecule has 1 aliphatic heterocycles. The van der Waals surface area contributed by atoms with Crippen molar-refractivity contribution in [3.8, 4) is 17.0 Å². The summed E-state index contributed by atoms with van der Waals surface area (Å²) < 4.78 is 5.85. The van der Waals surface area contributed by atoms with Gasteiger partial charge in [0.2, 0.25) is 5.88 Å². The number of aromatic nitrogens is 1. The molecule has 8 heteroatoms. The molecule has 0 spiro atoms. The number of hydrogen-bond donors (Lipinski definition) is 1. The molecule has 1 N–H and O–H groups in total. The SMILES string of the molecule is COc1ncc(/C=C2\SC(=S)N(CC(=O)O)C2=O)cc1-c1cc2c(cc1C)C(C)(C)CCC2(C)C. The fourth-order valence-corrected chi connectivity index (χ4v) is 6.09. The molecule has 1 saturated heterocycles. The number of fused-ring (bicyclic) bond motifs is 1. The van der Waals surface area contributed by atoms with Gasteiger partial charge in [0.05, 0.1) is 12.0 Å². The molecule has 1 fully saturated rings. The number of aryl methyl sites for hydroxylation is 1. The summed E-state index contributed by atoms with van der Waals surface area (Å²) in [5.74, 6) is -1.00. The van der Waals surface area contributed by atoms with Crippen molar-refractivity contribution in [1.29, 1.82) is 0 Å². The van der Waals surface area contributed by atoms with Crippen LogP contribution >= 0.6 is 24.0 Å². The zero-order valence-electron chi connectivity index (χ0n) is 20.9. The van der Waals surface area contributed by atoms with Gasteiger partial charge in [0.15, 0.2) is 0 Å². The molecule has 1 amide bonds. The normalized spacial score (nSPS) is 19.7. The number of pyridine rings is 1. The van der Waals surface area contributed by atoms with E-state index in [2.05, 4.69) is 51.7 Å². The van der Waals surface area contributed by atoms with Gasteiger partial charge in [-0.25, -0.2) is 4.98 Å². The van der Waals surface area contributed by atoms with Crippen molar-refractivity contribution in [3.05, 3.63) is 51.6 Å². The van der Waals surface area contributed by atoms with Crippen molar-refractivity contribution >= 4 is 46.3 Å². The molecule has 0 unspecified atom stereocenters. The van der Waals surface area contributed by atoms with E-state index in [1.165, 1.54) is 11.1 Å². The third kappa shape index (κ3) is 4.74. The molecule has 0 atom stereocenters. The van der Waals surface area contributed by atoms with Gasteiger partial charge in [0, 0.05) is 11.8 Å². The van der Waals surface area contributed by atoms with Crippen LogP contribution in [0.2, 0.25) is 0 Å². The predicted octanol–water partition coefficient (Wildman–Crippen LogP) is 5.70. The Morgan fingerprint density at radius 1 is 1.17 bits per heavy atom. The van der Waals surface area contributed by atoms with Crippen molar-refractivity contribution in [1.82, 2.24) is 9.88 Å². The molecule has 35 heavy (non-hydrogen) atoms. The molecular weight excluding hydrogens is 480 g/mol. The summed E-state index contributed by atoms with van der Waals surface area (Å²) in [6.07, 6.45) is 5.61. The molecule has 0 saturated carbocycles. The van der Waals surface area contributed by atoms with Crippen LogP contribution in [0.25, 0.3) is 17.2 Å². The van der Waals surface area contributed by atoms with E-state index in [4.69, 9.17) is 22.1 Å². The fourth-order valence-electron chi connectivity index (χ4n) is 4.84. The lowest BCUT2D eigenvalue weighted by molar-refractivity contribution is -0.140. The molecule has 2 aromatic rings. The fraction of sp³-hybridized carbons (Fsp3) is 0.407. The van der Waals surface area contributed by atoms with E-state index in [1.807, 2.05) is 6.07 Å². The number of hydrogen-bond acceptors (Lipinski definition) is 6. The van der Waals surface area contributed by atoms with Gasteiger partial charge >= 0.3 is 5.97 Å². The number of carbonyl (C=O) groups excluding carboxylic acids is 1. The molecule has 2 heterocycles. The third-order valence-corrected chi connectivity index (χ3v) is 8.40. The quantitative estimate of drug-likeness (QED) is 0.408. The smallest absolute Gasteiger partial charge is 0.323 e. The Kier molecular flexibility index (Phi) is 6.57. The minimum atomic E-state index is -1.11. The third-order valence-electron chi connectivity index (χ3n) is 7.02. The van der Waals surface area contributed by atoms with Crippen molar-refractivity contribution in [3.63, 3.8) is 0 Å². The van der Waals surface area contributed by atoms with E-state index in [0.29, 0.717) is 16.3 Å². The van der Waals surface area contributed by atoms with Crippen molar-refractivity contribution in [2.75, 3.05) is 13.7 Å². The number of benzene rings is 1. The van der Waals surface area contributed by atoms with Crippen LogP contribution in [-0.2, 0) is 20.4 Å². The highest BCUT2D eigenvalue weighted by molar-refractivity contribution is 8.26. The minimum Gasteiger partial charge on any atom is -0.481 e. The van der Waals surface area contributed by atoms with E-state index in [9.17, 15) is 9.59 Å². The van der Waals surface area contributed by atoms with Gasteiger partial charge in [-0.15, -0.1) is 0 Å². The number of thioether (sulfide) groups is 1. The number of amides is 1. The van der Waals surface area contributed by atoms with E-state index < -0.39 is 18.4 Å². The average molecular weight is 511 g/mol. The Balaban J connectivity index is 1.80. The number of ether oxygens (including phenoxy) is 1. The molecular formula is C27H30N2O4S2. The summed E-state index contributed by atoms with van der Waals surface area (Å²) >= 11 is 6.31. The first-order valence-electron chi connectivity index (χ1n) is 11.5. The van der Waals surface area contributed by atoms with Gasteiger partial charge in [-0.2, -0.15) is 0 Å². The Hall–Kier alpha value is -2.71. The highest BCUT2D eigenvalue weighted by Gasteiger charge is 2.38. The maximum Gasteiger partial charge on any atom is 0.323 e. The number of carboxylic acid groups (broad SMARTS) is 1. The summed E-state index contributed by atoms with van der Waals surface area (Å²) in [5.41, 5.74) is 6.66. The van der Waals surface area contributed by atoms with Gasteiger partial charge in [0.1, 0.15) is 10.9 Å². The van der Waals surface area contributed by atoms with Crippen LogP contribution in [0.3, 0.4) is 0 Å². The molecule has 4 rings (SSSR count). The average Bonchev–Trinajstić information content (AvgIpc) is 3.03. The molecule has 6 nitrogen and oxygen atoms in total. The minimum absolute atomic E-state index is 0.0593. The molecule has 184 valence electrons. The largest absolute Gasteiger partial charge is 0.481 e. The molecule has 0 bridgehead atoms. The van der Waals surface area contributed by atoms with Crippen LogP contribution in [0.4, 0.5) is 0 Å². The monoisotopic (exact) mass is 510 g/mol. The maximum atomic E-state index is 12.7. The van der Waals surface area contributed by atoms with Crippen molar-refractivity contribution in [2.24, 2.45) is 0 Å². The molecule has 1 aliphatic carbocycles. The maximum absolute atomic E-state index is 12.7. The Labute approximate surface area is 215 Å². The van der Waals surface area contributed by atoms with E-state index in [1.54, 1.807) is 19.4 Å². The van der Waals surface area contributed by atoms with Gasteiger partial charge in [-0.05, 0) is 76.6 Å². The summed E-state index contributed by atoms with van der Waals surface area (Å²) in [4.78, 5) is 29.8. The first-order valence-corrected chi connectivity index (χ1v) is 12.7. The zero-order chi connectivity index (χ0) is 25.7. The lowest BCUT2D eigenvalue weighted by Crippen LogP contribution is -2.34. The van der Waals surface area contributed by atoms with Crippen LogP contribution in [-0.4, -0.2) is 44.8 Å². The first kappa shape index (κ1) is 25.4. The topological polar surface area (TPSA) is 79.7 Å². The summed E-state index contributed by atoms with van der Waals surface area (Å²) in [6, 6.07) is 6.54. The Morgan fingerprint density at radius 2 is 1.80 bits per heavy atom. The van der Waals surface area contributed by atoms with Gasteiger partial charge in [-0.1, -0.05) is 57.7 Å². The van der Waals surface area contributed by atoms with E-state index in [0.717, 1.165) is 46.2 Å². The molecule has 1 aromatic heterocycles. The Bertz CT molecular complexity index is 1280. The molecule has 0 radical (unpaired) electrons. The van der Waals surface area contributed by atoms with Crippen LogP contribution in [0.15, 0.2) is 29.3 Å². The lowest BCUT2D eigenvalue weighted by Gasteiger charge is -2.42. The molecule has 2 aliphatic rings. The van der Waals surface area contributed by atoms with Crippen LogP contribution < -0.4 is 4.74 Å². The van der Waals surface area contributed by atoms with Crippen molar-refractivity contribution < 1.29 is 19.4 Å². The van der Waals surface area contributed by atoms with E-state index in [-0.39, 0.29) is 15.2 Å². The Morgan fingerprint density at radius 3 is 2.40 bits per heavy atom. The zero-order valence-corrected chi connectivity index (χ0v) is 22.5. The highest BCUT2D eigenvalue weighted by Crippen LogP contribution is 2.48. The number of carboxylic acids is 1. The number of aliphatic carboxylic acids is 1. The second-order valence-electron chi connectivity index (χ2n) is 10.5.